The van der Waals surface area contributed by atoms with Crippen LogP contribution < -0.4 is 5.73 Å². The van der Waals surface area contributed by atoms with Crippen molar-refractivity contribution in [2.45, 2.75) is 45.1 Å². The van der Waals surface area contributed by atoms with E-state index in [1.165, 1.54) is 28.6 Å². The van der Waals surface area contributed by atoms with Gasteiger partial charge in [0.05, 0.1) is 15.9 Å². The summed E-state index contributed by atoms with van der Waals surface area (Å²) in [6.07, 6.45) is 7.67. The first-order chi connectivity index (χ1) is 8.11. The second-order valence-electron chi connectivity index (χ2n) is 4.74. The van der Waals surface area contributed by atoms with Crippen LogP contribution in [-0.2, 0) is 19.9 Å². The summed E-state index contributed by atoms with van der Waals surface area (Å²) in [4.78, 5) is 0. The van der Waals surface area contributed by atoms with Gasteiger partial charge in [-0.3, -0.25) is 4.68 Å². The number of halogens is 1. The van der Waals surface area contributed by atoms with Gasteiger partial charge in [0, 0.05) is 19.5 Å². The van der Waals surface area contributed by atoms with Crippen LogP contribution in [0.4, 0.5) is 0 Å². The van der Waals surface area contributed by atoms with E-state index in [4.69, 9.17) is 5.73 Å². The van der Waals surface area contributed by atoms with Gasteiger partial charge < -0.3 is 5.73 Å². The molecular formula is C13H20BrN3. The smallest absolute Gasteiger partial charge is 0.0766 e. The Morgan fingerprint density at radius 2 is 2.35 bits per heavy atom. The van der Waals surface area contributed by atoms with Gasteiger partial charge in [0.25, 0.3) is 0 Å². The summed E-state index contributed by atoms with van der Waals surface area (Å²) in [5.74, 6) is 0. The average Bonchev–Trinajstić information content (AvgIpc) is 2.56. The molecule has 0 saturated heterocycles. The Morgan fingerprint density at radius 1 is 1.59 bits per heavy atom. The Kier molecular flexibility index (Phi) is 4.05. The van der Waals surface area contributed by atoms with Crippen molar-refractivity contribution in [2.75, 3.05) is 0 Å². The standard InChI is InChI=1S/C13H20BrN3/c1-3-11-13(14)12(17(2)16-11)8-9-5-4-6-10(15)7-9/h7,10H,3-6,8,15H2,1-2H3. The van der Waals surface area contributed by atoms with Gasteiger partial charge >= 0.3 is 0 Å². The molecule has 2 N–H and O–H groups in total. The fourth-order valence-corrected chi connectivity index (χ4v) is 3.16. The third-order valence-corrected chi connectivity index (χ3v) is 4.30. The van der Waals surface area contributed by atoms with Crippen molar-refractivity contribution in [3.05, 3.63) is 27.5 Å². The Bertz CT molecular complexity index is 434. The molecule has 0 aromatic carbocycles. The second-order valence-corrected chi connectivity index (χ2v) is 5.54. The monoisotopic (exact) mass is 297 g/mol. The molecule has 0 amide bonds. The van der Waals surface area contributed by atoms with E-state index in [0.717, 1.165) is 25.0 Å². The number of aryl methyl sites for hydroxylation is 2. The molecule has 1 aliphatic carbocycles. The van der Waals surface area contributed by atoms with Crippen molar-refractivity contribution in [1.82, 2.24) is 9.78 Å². The zero-order valence-corrected chi connectivity index (χ0v) is 12.1. The Hall–Kier alpha value is -0.610. The van der Waals surface area contributed by atoms with Crippen LogP contribution in [-0.4, -0.2) is 15.8 Å². The number of aromatic nitrogens is 2. The molecule has 0 fully saturated rings. The summed E-state index contributed by atoms with van der Waals surface area (Å²) in [7, 11) is 2.02. The zero-order valence-electron chi connectivity index (χ0n) is 10.5. The molecule has 17 heavy (non-hydrogen) atoms. The third kappa shape index (κ3) is 2.80. The lowest BCUT2D eigenvalue weighted by atomic mass is 9.93. The van der Waals surface area contributed by atoms with Gasteiger partial charge in [-0.25, -0.2) is 0 Å². The van der Waals surface area contributed by atoms with E-state index in [-0.39, 0.29) is 6.04 Å². The van der Waals surface area contributed by atoms with Crippen LogP contribution in [0.5, 0.6) is 0 Å². The summed E-state index contributed by atoms with van der Waals surface area (Å²) < 4.78 is 3.16. The number of nitrogens with two attached hydrogens (primary N) is 1. The fraction of sp³-hybridized carbons (Fsp3) is 0.615. The Balaban J connectivity index is 2.21. The molecule has 94 valence electrons. The summed E-state index contributed by atoms with van der Waals surface area (Å²) >= 11 is 3.66. The molecule has 0 aliphatic heterocycles. The molecule has 1 aromatic rings. The molecule has 1 atom stereocenters. The molecular weight excluding hydrogens is 278 g/mol. The molecule has 1 aromatic heterocycles. The van der Waals surface area contributed by atoms with Crippen molar-refractivity contribution in [1.29, 1.82) is 0 Å². The molecule has 1 heterocycles. The predicted octanol–water partition coefficient (Wildman–Crippen LogP) is 2.73. The maximum atomic E-state index is 5.98. The van der Waals surface area contributed by atoms with Gasteiger partial charge in [-0.1, -0.05) is 18.6 Å². The van der Waals surface area contributed by atoms with Crippen LogP contribution in [0.3, 0.4) is 0 Å². The predicted molar refractivity (Wildman–Crippen MR) is 73.9 cm³/mol. The van der Waals surface area contributed by atoms with Crippen LogP contribution in [0.25, 0.3) is 0 Å². The molecule has 0 saturated carbocycles. The van der Waals surface area contributed by atoms with E-state index < -0.39 is 0 Å². The molecule has 4 heteroatoms. The number of hydrogen-bond acceptors (Lipinski definition) is 2. The van der Waals surface area contributed by atoms with Crippen LogP contribution in [0, 0.1) is 0 Å². The van der Waals surface area contributed by atoms with Crippen LogP contribution in [0.1, 0.15) is 37.6 Å². The first kappa shape index (κ1) is 12.8. The first-order valence-electron chi connectivity index (χ1n) is 6.27. The molecule has 3 nitrogen and oxygen atoms in total. The van der Waals surface area contributed by atoms with Crippen LogP contribution in [0.15, 0.2) is 16.1 Å². The lowest BCUT2D eigenvalue weighted by Crippen LogP contribution is -2.21. The summed E-state index contributed by atoms with van der Waals surface area (Å²) in [5.41, 5.74) is 9.84. The van der Waals surface area contributed by atoms with Crippen molar-refractivity contribution < 1.29 is 0 Å². The molecule has 1 aliphatic rings. The lowest BCUT2D eigenvalue weighted by molar-refractivity contribution is 0.609. The minimum absolute atomic E-state index is 0.247. The molecule has 0 bridgehead atoms. The number of hydrogen-bond donors (Lipinski definition) is 1. The minimum atomic E-state index is 0.247. The highest BCUT2D eigenvalue weighted by atomic mass is 79.9. The van der Waals surface area contributed by atoms with Gasteiger partial charge in [0.15, 0.2) is 0 Å². The van der Waals surface area contributed by atoms with E-state index in [2.05, 4.69) is 34.0 Å². The zero-order chi connectivity index (χ0) is 12.4. The van der Waals surface area contributed by atoms with E-state index in [1.54, 1.807) is 0 Å². The summed E-state index contributed by atoms with van der Waals surface area (Å²) in [6.45, 7) is 2.13. The fourth-order valence-electron chi connectivity index (χ4n) is 2.41. The Morgan fingerprint density at radius 3 is 2.94 bits per heavy atom. The highest BCUT2D eigenvalue weighted by Gasteiger charge is 2.16. The highest BCUT2D eigenvalue weighted by molar-refractivity contribution is 9.10. The normalized spacial score (nSPS) is 20.5. The second kappa shape index (κ2) is 5.36. The average molecular weight is 298 g/mol. The van der Waals surface area contributed by atoms with E-state index >= 15 is 0 Å². The lowest BCUT2D eigenvalue weighted by Gasteiger charge is -2.17. The minimum Gasteiger partial charge on any atom is -0.324 e. The van der Waals surface area contributed by atoms with Crippen molar-refractivity contribution in [3.63, 3.8) is 0 Å². The molecule has 0 spiro atoms. The largest absolute Gasteiger partial charge is 0.324 e. The quantitative estimate of drug-likeness (QED) is 0.872. The van der Waals surface area contributed by atoms with Crippen molar-refractivity contribution in [2.24, 2.45) is 12.8 Å². The maximum absolute atomic E-state index is 5.98. The van der Waals surface area contributed by atoms with E-state index in [9.17, 15) is 0 Å². The first-order valence-corrected chi connectivity index (χ1v) is 7.06. The van der Waals surface area contributed by atoms with Gasteiger partial charge in [-0.2, -0.15) is 5.10 Å². The van der Waals surface area contributed by atoms with Gasteiger partial charge in [-0.05, 0) is 41.6 Å². The van der Waals surface area contributed by atoms with Crippen LogP contribution in [0.2, 0.25) is 0 Å². The third-order valence-electron chi connectivity index (χ3n) is 3.38. The maximum Gasteiger partial charge on any atom is 0.0766 e. The summed E-state index contributed by atoms with van der Waals surface area (Å²) in [6, 6.07) is 0.247. The van der Waals surface area contributed by atoms with Crippen molar-refractivity contribution in [3.8, 4) is 0 Å². The number of nitrogens with zero attached hydrogens (tertiary/aromatic N) is 2. The van der Waals surface area contributed by atoms with Crippen molar-refractivity contribution >= 4 is 15.9 Å². The Labute approximate surface area is 111 Å². The van der Waals surface area contributed by atoms with E-state index in [0.29, 0.717) is 0 Å². The number of allylic oxidation sites excluding steroid dienone is 1. The molecule has 0 radical (unpaired) electrons. The van der Waals surface area contributed by atoms with Gasteiger partial charge in [0.1, 0.15) is 0 Å². The van der Waals surface area contributed by atoms with E-state index in [1.807, 2.05) is 11.7 Å². The molecule has 2 rings (SSSR count). The topological polar surface area (TPSA) is 43.8 Å². The summed E-state index contributed by atoms with van der Waals surface area (Å²) in [5, 5.41) is 4.52. The number of rotatable bonds is 3. The molecule has 1 unspecified atom stereocenters. The van der Waals surface area contributed by atoms with Gasteiger partial charge in [-0.15, -0.1) is 0 Å². The van der Waals surface area contributed by atoms with Crippen LogP contribution >= 0.6 is 15.9 Å². The highest BCUT2D eigenvalue weighted by Crippen LogP contribution is 2.27. The SMILES string of the molecule is CCc1nn(C)c(CC2=CC(N)CCC2)c1Br. The van der Waals surface area contributed by atoms with Gasteiger partial charge in [0.2, 0.25) is 0 Å².